The standard InChI is InChI=1S/C16H21FN2O6S/c1-11-8-19(9-12(2)25-11)15(20)10-24-16(21)7-18-26(22,23)14-5-3-13(17)4-6-14/h3-6,11-12,18H,7-10H2,1-2H3/t11-,12-/m0/s1. The van der Waals surface area contributed by atoms with E-state index in [2.05, 4.69) is 0 Å². The highest BCUT2D eigenvalue weighted by molar-refractivity contribution is 7.89. The second kappa shape index (κ2) is 8.56. The molecule has 26 heavy (non-hydrogen) atoms. The summed E-state index contributed by atoms with van der Waals surface area (Å²) in [5.41, 5.74) is 0. The average Bonchev–Trinajstić information content (AvgIpc) is 2.57. The van der Waals surface area contributed by atoms with Gasteiger partial charge in [0.2, 0.25) is 10.0 Å². The van der Waals surface area contributed by atoms with Crippen LogP contribution in [-0.2, 0) is 29.1 Å². The van der Waals surface area contributed by atoms with Crippen molar-refractivity contribution in [2.75, 3.05) is 26.2 Å². The Kier molecular flexibility index (Phi) is 6.68. The van der Waals surface area contributed by atoms with Crippen molar-refractivity contribution in [3.05, 3.63) is 30.1 Å². The van der Waals surface area contributed by atoms with Crippen LogP contribution in [0.5, 0.6) is 0 Å². The van der Waals surface area contributed by atoms with Crippen molar-refractivity contribution in [2.45, 2.75) is 31.0 Å². The molecule has 1 aliphatic heterocycles. The van der Waals surface area contributed by atoms with Gasteiger partial charge in [0.1, 0.15) is 12.4 Å². The molecule has 0 spiro atoms. The van der Waals surface area contributed by atoms with E-state index in [1.165, 1.54) is 4.90 Å². The molecule has 1 fully saturated rings. The van der Waals surface area contributed by atoms with E-state index in [9.17, 15) is 22.4 Å². The number of carbonyl (C=O) groups is 2. The van der Waals surface area contributed by atoms with Crippen LogP contribution < -0.4 is 4.72 Å². The fourth-order valence-electron chi connectivity index (χ4n) is 2.52. The first-order valence-corrected chi connectivity index (χ1v) is 9.50. The number of morpholine rings is 1. The maximum Gasteiger partial charge on any atom is 0.321 e. The second-order valence-corrected chi connectivity index (χ2v) is 7.76. The third-order valence-electron chi connectivity index (χ3n) is 3.66. The van der Waals surface area contributed by atoms with Crippen molar-refractivity contribution in [1.29, 1.82) is 0 Å². The van der Waals surface area contributed by atoms with Crippen LogP contribution in [0.1, 0.15) is 13.8 Å². The first-order valence-electron chi connectivity index (χ1n) is 8.01. The summed E-state index contributed by atoms with van der Waals surface area (Å²) in [6.07, 6.45) is -0.221. The minimum Gasteiger partial charge on any atom is -0.455 e. The highest BCUT2D eigenvalue weighted by Crippen LogP contribution is 2.11. The minimum absolute atomic E-state index is 0.110. The Hall–Kier alpha value is -2.04. The highest BCUT2D eigenvalue weighted by Gasteiger charge is 2.26. The molecule has 1 aromatic rings. The average molecular weight is 388 g/mol. The van der Waals surface area contributed by atoms with Crippen molar-refractivity contribution in [2.24, 2.45) is 0 Å². The zero-order chi connectivity index (χ0) is 19.3. The number of nitrogens with zero attached hydrogens (tertiary/aromatic N) is 1. The molecule has 2 atom stereocenters. The van der Waals surface area contributed by atoms with Gasteiger partial charge in [-0.15, -0.1) is 0 Å². The molecule has 0 bridgehead atoms. The van der Waals surface area contributed by atoms with Gasteiger partial charge in [-0.25, -0.2) is 12.8 Å². The van der Waals surface area contributed by atoms with Gasteiger partial charge in [0.15, 0.2) is 6.61 Å². The molecule has 0 radical (unpaired) electrons. The van der Waals surface area contributed by atoms with Crippen LogP contribution in [0.4, 0.5) is 4.39 Å². The number of amides is 1. The molecule has 0 aromatic heterocycles. The number of rotatable bonds is 6. The molecule has 1 aromatic carbocycles. The summed E-state index contributed by atoms with van der Waals surface area (Å²) in [5, 5.41) is 0. The Bertz CT molecular complexity index is 743. The van der Waals surface area contributed by atoms with E-state index in [0.29, 0.717) is 13.1 Å². The fourth-order valence-corrected chi connectivity index (χ4v) is 3.49. The van der Waals surface area contributed by atoms with Crippen LogP contribution in [0.3, 0.4) is 0 Å². The van der Waals surface area contributed by atoms with Gasteiger partial charge in [-0.2, -0.15) is 4.72 Å². The number of esters is 1. The lowest BCUT2D eigenvalue weighted by molar-refractivity contribution is -0.156. The number of benzene rings is 1. The molecule has 1 aliphatic rings. The number of sulfonamides is 1. The van der Waals surface area contributed by atoms with E-state index < -0.39 is 35.0 Å². The first-order chi connectivity index (χ1) is 12.2. The van der Waals surface area contributed by atoms with E-state index in [4.69, 9.17) is 9.47 Å². The van der Waals surface area contributed by atoms with Gasteiger partial charge >= 0.3 is 5.97 Å². The van der Waals surface area contributed by atoms with E-state index in [-0.39, 0.29) is 23.0 Å². The molecule has 1 N–H and O–H groups in total. The summed E-state index contributed by atoms with van der Waals surface area (Å²) in [4.78, 5) is 25.1. The Morgan fingerprint density at radius 3 is 2.38 bits per heavy atom. The molecule has 1 heterocycles. The van der Waals surface area contributed by atoms with Gasteiger partial charge in [0.05, 0.1) is 17.1 Å². The smallest absolute Gasteiger partial charge is 0.321 e. The van der Waals surface area contributed by atoms with Gasteiger partial charge in [-0.1, -0.05) is 0 Å². The molecule has 1 amide bonds. The van der Waals surface area contributed by atoms with Crippen LogP contribution in [0.15, 0.2) is 29.2 Å². The van der Waals surface area contributed by atoms with Crippen LogP contribution >= 0.6 is 0 Å². The van der Waals surface area contributed by atoms with Crippen LogP contribution in [0, 0.1) is 5.82 Å². The first kappa shape index (κ1) is 20.3. The maximum absolute atomic E-state index is 12.8. The number of nitrogens with one attached hydrogen (secondary N) is 1. The fraction of sp³-hybridized carbons (Fsp3) is 0.500. The second-order valence-electron chi connectivity index (χ2n) is 6.00. The Morgan fingerprint density at radius 2 is 1.81 bits per heavy atom. The lowest BCUT2D eigenvalue weighted by atomic mass is 10.2. The van der Waals surface area contributed by atoms with Crippen molar-refractivity contribution >= 4 is 21.9 Å². The Balaban J connectivity index is 1.79. The number of carbonyl (C=O) groups excluding carboxylic acids is 2. The Labute approximate surface area is 151 Å². The SMILES string of the molecule is C[C@H]1CN(C(=O)COC(=O)CNS(=O)(=O)c2ccc(F)cc2)C[C@H](C)O1. The molecule has 8 nitrogen and oxygen atoms in total. The zero-order valence-corrected chi connectivity index (χ0v) is 15.3. The third kappa shape index (κ3) is 5.75. The van der Waals surface area contributed by atoms with Crippen molar-refractivity contribution in [1.82, 2.24) is 9.62 Å². The highest BCUT2D eigenvalue weighted by atomic mass is 32.2. The van der Waals surface area contributed by atoms with Gasteiger partial charge < -0.3 is 14.4 Å². The summed E-state index contributed by atoms with van der Waals surface area (Å²) in [6, 6.07) is 4.15. The number of hydrogen-bond donors (Lipinski definition) is 1. The van der Waals surface area contributed by atoms with Gasteiger partial charge in [0.25, 0.3) is 5.91 Å². The molecule has 1 saturated heterocycles. The lowest BCUT2D eigenvalue weighted by Gasteiger charge is -2.35. The molecular weight excluding hydrogens is 367 g/mol. The summed E-state index contributed by atoms with van der Waals surface area (Å²) < 4.78 is 49.2. The molecule has 2 rings (SSSR count). The molecule has 0 saturated carbocycles. The minimum atomic E-state index is -3.98. The summed E-state index contributed by atoms with van der Waals surface area (Å²) in [6.45, 7) is 3.37. The van der Waals surface area contributed by atoms with Crippen LogP contribution in [-0.4, -0.2) is 63.6 Å². The van der Waals surface area contributed by atoms with E-state index >= 15 is 0 Å². The molecule has 144 valence electrons. The van der Waals surface area contributed by atoms with E-state index in [1.807, 2.05) is 18.6 Å². The molecule has 0 aliphatic carbocycles. The lowest BCUT2D eigenvalue weighted by Crippen LogP contribution is -2.49. The topological polar surface area (TPSA) is 102 Å². The summed E-state index contributed by atoms with van der Waals surface area (Å²) in [7, 11) is -3.98. The van der Waals surface area contributed by atoms with Crippen molar-refractivity contribution in [3.63, 3.8) is 0 Å². The van der Waals surface area contributed by atoms with Gasteiger partial charge in [0, 0.05) is 13.1 Å². The quantitative estimate of drug-likeness (QED) is 0.703. The van der Waals surface area contributed by atoms with Crippen molar-refractivity contribution in [3.8, 4) is 0 Å². The van der Waals surface area contributed by atoms with E-state index in [1.54, 1.807) is 0 Å². The van der Waals surface area contributed by atoms with Gasteiger partial charge in [-0.05, 0) is 38.1 Å². The third-order valence-corrected chi connectivity index (χ3v) is 5.08. The Morgan fingerprint density at radius 1 is 1.23 bits per heavy atom. The maximum atomic E-state index is 12.8. The van der Waals surface area contributed by atoms with E-state index in [0.717, 1.165) is 24.3 Å². The number of halogens is 1. The summed E-state index contributed by atoms with van der Waals surface area (Å²) in [5.74, 6) is -1.84. The van der Waals surface area contributed by atoms with Crippen LogP contribution in [0.2, 0.25) is 0 Å². The molecule has 10 heteroatoms. The summed E-state index contributed by atoms with van der Waals surface area (Å²) >= 11 is 0. The molecule has 0 unspecified atom stereocenters. The number of ether oxygens (including phenoxy) is 2. The van der Waals surface area contributed by atoms with Crippen molar-refractivity contribution < 1.29 is 31.9 Å². The normalized spacial score (nSPS) is 20.7. The zero-order valence-electron chi connectivity index (χ0n) is 14.5. The van der Waals surface area contributed by atoms with Crippen LogP contribution in [0.25, 0.3) is 0 Å². The monoisotopic (exact) mass is 388 g/mol. The number of hydrogen-bond acceptors (Lipinski definition) is 6. The molecular formula is C16H21FN2O6S. The predicted octanol–water partition coefficient (Wildman–Crippen LogP) is 0.283. The largest absolute Gasteiger partial charge is 0.455 e. The predicted molar refractivity (Wildman–Crippen MR) is 89.1 cm³/mol. The van der Waals surface area contributed by atoms with Gasteiger partial charge in [-0.3, -0.25) is 9.59 Å².